The molecule has 54 valence electrons. The fourth-order valence-electron chi connectivity index (χ4n) is 0.458. The van der Waals surface area contributed by atoms with Crippen LogP contribution in [-0.4, -0.2) is 22.1 Å². The monoisotopic (exact) mass is 141 g/mol. The third-order valence-corrected chi connectivity index (χ3v) is 0.794. The van der Waals surface area contributed by atoms with Gasteiger partial charge < -0.3 is 10.6 Å². The van der Waals surface area contributed by atoms with E-state index in [0.29, 0.717) is 5.62 Å². The molecule has 0 aliphatic rings. The fraction of sp³-hybridized carbons (Fsp3) is 0.250. The Morgan fingerprint density at radius 2 is 2.50 bits per heavy atom. The van der Waals surface area contributed by atoms with Gasteiger partial charge in [-0.25, -0.2) is 4.98 Å². The highest BCUT2D eigenvalue weighted by atomic mass is 16.6. The Morgan fingerprint density at radius 3 is 3.10 bits per heavy atom. The first-order valence-corrected chi connectivity index (χ1v) is 2.57. The zero-order chi connectivity index (χ0) is 7.40. The van der Waals surface area contributed by atoms with Gasteiger partial charge in [-0.05, 0) is 5.16 Å². The SMILES string of the molecule is CO/N=c1\ncnc(N)[nH]1. The van der Waals surface area contributed by atoms with E-state index in [-0.39, 0.29) is 5.95 Å². The molecule has 1 aromatic heterocycles. The second kappa shape index (κ2) is 2.81. The molecule has 0 unspecified atom stereocenters. The predicted octanol–water partition coefficient (Wildman–Crippen LogP) is -1.15. The minimum Gasteiger partial charge on any atom is -0.396 e. The molecular formula is C4H7N5O. The Morgan fingerprint density at radius 1 is 1.70 bits per heavy atom. The quantitative estimate of drug-likeness (QED) is 0.483. The molecule has 0 aliphatic carbocycles. The lowest BCUT2D eigenvalue weighted by Crippen LogP contribution is -2.15. The summed E-state index contributed by atoms with van der Waals surface area (Å²) in [6.45, 7) is 0. The average molecular weight is 141 g/mol. The first kappa shape index (κ1) is 6.53. The summed E-state index contributed by atoms with van der Waals surface area (Å²) in [5.41, 5.74) is 5.57. The van der Waals surface area contributed by atoms with Crippen LogP contribution in [0.3, 0.4) is 0 Å². The summed E-state index contributed by atoms with van der Waals surface area (Å²) in [5, 5.41) is 3.48. The molecule has 0 amide bonds. The number of nitrogen functional groups attached to an aromatic ring is 1. The van der Waals surface area contributed by atoms with Crippen molar-refractivity contribution in [1.29, 1.82) is 0 Å². The summed E-state index contributed by atoms with van der Waals surface area (Å²) in [6, 6.07) is 0. The highest BCUT2D eigenvalue weighted by Crippen LogP contribution is 1.75. The van der Waals surface area contributed by atoms with E-state index in [1.54, 1.807) is 0 Å². The zero-order valence-electron chi connectivity index (χ0n) is 5.40. The Balaban J connectivity index is 3.07. The Labute approximate surface area is 56.8 Å². The number of nitrogens with zero attached hydrogens (tertiary/aromatic N) is 3. The van der Waals surface area contributed by atoms with Crippen LogP contribution in [-0.2, 0) is 4.84 Å². The molecule has 1 heterocycles. The van der Waals surface area contributed by atoms with Gasteiger partial charge in [0.05, 0.1) is 0 Å². The normalized spacial score (nSPS) is 11.5. The number of anilines is 1. The van der Waals surface area contributed by atoms with E-state index < -0.39 is 0 Å². The number of aromatic amines is 1. The number of H-pyrrole nitrogens is 1. The van der Waals surface area contributed by atoms with Crippen molar-refractivity contribution >= 4 is 5.95 Å². The first-order valence-electron chi connectivity index (χ1n) is 2.57. The van der Waals surface area contributed by atoms with Crippen LogP contribution in [0.4, 0.5) is 5.95 Å². The van der Waals surface area contributed by atoms with Gasteiger partial charge in [-0.15, -0.1) is 0 Å². The third kappa shape index (κ3) is 1.44. The van der Waals surface area contributed by atoms with E-state index >= 15 is 0 Å². The maximum Gasteiger partial charge on any atom is 0.267 e. The summed E-state index contributed by atoms with van der Waals surface area (Å²) in [5.74, 6) is 0.255. The number of aromatic nitrogens is 3. The van der Waals surface area contributed by atoms with Crippen molar-refractivity contribution in [2.75, 3.05) is 12.8 Å². The smallest absolute Gasteiger partial charge is 0.267 e. The first-order chi connectivity index (χ1) is 4.83. The summed E-state index contributed by atoms with van der Waals surface area (Å²) >= 11 is 0. The van der Waals surface area contributed by atoms with Gasteiger partial charge in [-0.2, -0.15) is 4.98 Å². The van der Waals surface area contributed by atoms with Crippen molar-refractivity contribution in [1.82, 2.24) is 15.0 Å². The fourth-order valence-corrected chi connectivity index (χ4v) is 0.458. The number of hydrogen-bond acceptors (Lipinski definition) is 5. The Hall–Kier alpha value is -1.59. The summed E-state index contributed by atoms with van der Waals surface area (Å²) in [7, 11) is 1.42. The molecular weight excluding hydrogens is 134 g/mol. The van der Waals surface area contributed by atoms with Gasteiger partial charge in [-0.1, -0.05) is 0 Å². The van der Waals surface area contributed by atoms with Crippen molar-refractivity contribution in [3.63, 3.8) is 0 Å². The number of hydrogen-bond donors (Lipinski definition) is 2. The van der Waals surface area contributed by atoms with Crippen molar-refractivity contribution in [3.8, 4) is 0 Å². The summed E-state index contributed by atoms with van der Waals surface area (Å²) in [6.07, 6.45) is 1.30. The van der Waals surface area contributed by atoms with Crippen LogP contribution in [0.15, 0.2) is 11.5 Å². The Kier molecular flexibility index (Phi) is 1.83. The molecule has 0 spiro atoms. The molecule has 0 saturated heterocycles. The van der Waals surface area contributed by atoms with Crippen LogP contribution >= 0.6 is 0 Å². The van der Waals surface area contributed by atoms with Crippen LogP contribution in [0.25, 0.3) is 0 Å². The van der Waals surface area contributed by atoms with E-state index in [1.165, 1.54) is 13.4 Å². The van der Waals surface area contributed by atoms with Crippen molar-refractivity contribution in [2.24, 2.45) is 5.16 Å². The van der Waals surface area contributed by atoms with E-state index in [1.807, 2.05) is 0 Å². The largest absolute Gasteiger partial charge is 0.396 e. The molecule has 0 atom stereocenters. The molecule has 3 N–H and O–H groups in total. The number of rotatable bonds is 1. The van der Waals surface area contributed by atoms with E-state index in [2.05, 4.69) is 24.9 Å². The molecule has 0 saturated carbocycles. The van der Waals surface area contributed by atoms with Crippen LogP contribution < -0.4 is 11.4 Å². The minimum absolute atomic E-state index is 0.255. The molecule has 10 heavy (non-hydrogen) atoms. The molecule has 0 radical (unpaired) electrons. The van der Waals surface area contributed by atoms with Crippen molar-refractivity contribution < 1.29 is 4.84 Å². The van der Waals surface area contributed by atoms with Crippen molar-refractivity contribution in [3.05, 3.63) is 11.9 Å². The zero-order valence-corrected chi connectivity index (χ0v) is 5.40. The van der Waals surface area contributed by atoms with Gasteiger partial charge in [0.1, 0.15) is 13.4 Å². The topological polar surface area (TPSA) is 89.2 Å². The molecule has 0 bridgehead atoms. The highest BCUT2D eigenvalue weighted by Gasteiger charge is 1.83. The predicted molar refractivity (Wildman–Crippen MR) is 33.4 cm³/mol. The van der Waals surface area contributed by atoms with Gasteiger partial charge in [0.25, 0.3) is 5.62 Å². The maximum absolute atomic E-state index is 5.27. The van der Waals surface area contributed by atoms with Crippen molar-refractivity contribution in [2.45, 2.75) is 0 Å². The number of nitrogens with two attached hydrogens (primary N) is 1. The Bertz CT molecular complexity index is 266. The minimum atomic E-state index is 0.255. The van der Waals surface area contributed by atoms with Crippen LogP contribution in [0.1, 0.15) is 0 Å². The lowest BCUT2D eigenvalue weighted by Gasteiger charge is -1.89. The van der Waals surface area contributed by atoms with Crippen LogP contribution in [0, 0.1) is 0 Å². The van der Waals surface area contributed by atoms with E-state index in [4.69, 9.17) is 5.73 Å². The van der Waals surface area contributed by atoms with E-state index in [9.17, 15) is 0 Å². The molecule has 1 rings (SSSR count). The molecule has 0 aliphatic heterocycles. The van der Waals surface area contributed by atoms with Gasteiger partial charge in [0.15, 0.2) is 0 Å². The van der Waals surface area contributed by atoms with Gasteiger partial charge in [0.2, 0.25) is 5.95 Å². The standard InChI is InChI=1S/C4H7N5O/c1-10-9-4-7-2-6-3(5)8-4/h2H,1H3,(H3,5,6,7,8,9). The molecule has 6 heteroatoms. The average Bonchev–Trinajstić information content (AvgIpc) is 1.88. The third-order valence-electron chi connectivity index (χ3n) is 0.794. The summed E-state index contributed by atoms with van der Waals surface area (Å²) in [4.78, 5) is 14.3. The highest BCUT2D eigenvalue weighted by molar-refractivity contribution is 5.08. The lowest BCUT2D eigenvalue weighted by atomic mass is 10.9. The van der Waals surface area contributed by atoms with Gasteiger partial charge in [0, 0.05) is 0 Å². The summed E-state index contributed by atoms with van der Waals surface area (Å²) < 4.78 is 0. The molecule has 1 aromatic rings. The van der Waals surface area contributed by atoms with Gasteiger partial charge >= 0.3 is 0 Å². The van der Waals surface area contributed by atoms with E-state index in [0.717, 1.165) is 0 Å². The van der Waals surface area contributed by atoms with Crippen LogP contribution in [0.5, 0.6) is 0 Å². The number of nitrogens with one attached hydrogen (secondary N) is 1. The molecule has 6 nitrogen and oxygen atoms in total. The molecule has 0 fully saturated rings. The maximum atomic E-state index is 5.27. The second-order valence-corrected chi connectivity index (χ2v) is 1.48. The van der Waals surface area contributed by atoms with Crippen LogP contribution in [0.2, 0.25) is 0 Å². The second-order valence-electron chi connectivity index (χ2n) is 1.48. The van der Waals surface area contributed by atoms with Gasteiger partial charge in [-0.3, -0.25) is 4.98 Å². The molecule has 0 aromatic carbocycles. The lowest BCUT2D eigenvalue weighted by molar-refractivity contribution is 0.195.